The van der Waals surface area contributed by atoms with E-state index in [2.05, 4.69) is 0 Å². The van der Waals surface area contributed by atoms with Gasteiger partial charge in [-0.05, 0) is 42.5 Å². The Hall–Kier alpha value is -5.04. The van der Waals surface area contributed by atoms with Gasteiger partial charge < -0.3 is 24.1 Å². The molecule has 0 saturated carbocycles. The second-order valence-corrected chi connectivity index (χ2v) is 8.37. The van der Waals surface area contributed by atoms with Crippen LogP contribution in [0.4, 0.5) is 0 Å². The molecule has 1 aromatic heterocycles. The van der Waals surface area contributed by atoms with Crippen LogP contribution in [0.25, 0.3) is 11.0 Å². The minimum absolute atomic E-state index is 0.0371. The molecule has 7 nitrogen and oxygen atoms in total. The van der Waals surface area contributed by atoms with Crippen LogP contribution >= 0.6 is 0 Å². The van der Waals surface area contributed by atoms with E-state index in [0.29, 0.717) is 39.3 Å². The SMILES string of the molecule is O=C1OC2(c3ccc(O)cc3Oc3cc(O)ccc32)c2ccccc21.O=c1ccc2ccccc2o1. The second kappa shape index (κ2) is 8.02. The molecule has 4 aromatic carbocycles. The van der Waals surface area contributed by atoms with E-state index in [4.69, 9.17) is 13.9 Å². The Bertz CT molecular complexity index is 1670. The van der Waals surface area contributed by atoms with Crippen molar-refractivity contribution in [1.29, 1.82) is 0 Å². The Balaban J connectivity index is 0.000000183. The minimum Gasteiger partial charge on any atom is -0.508 e. The summed E-state index contributed by atoms with van der Waals surface area (Å²) in [6.45, 7) is 0. The largest absolute Gasteiger partial charge is 0.508 e. The molecule has 0 aliphatic carbocycles. The van der Waals surface area contributed by atoms with Crippen LogP contribution in [0.1, 0.15) is 27.0 Å². The molecule has 0 amide bonds. The van der Waals surface area contributed by atoms with Crippen LogP contribution in [-0.2, 0) is 10.3 Å². The Kier molecular flexibility index (Phi) is 4.79. The van der Waals surface area contributed by atoms with Gasteiger partial charge in [0.2, 0.25) is 0 Å². The number of rotatable bonds is 0. The smallest absolute Gasteiger partial charge is 0.340 e. The van der Waals surface area contributed by atoms with Gasteiger partial charge in [-0.25, -0.2) is 9.59 Å². The highest BCUT2D eigenvalue weighted by Gasteiger charge is 2.53. The third-order valence-electron chi connectivity index (χ3n) is 6.21. The van der Waals surface area contributed by atoms with Gasteiger partial charge in [0.15, 0.2) is 5.60 Å². The van der Waals surface area contributed by atoms with E-state index in [0.717, 1.165) is 5.39 Å². The number of hydrogen-bond acceptors (Lipinski definition) is 7. The van der Waals surface area contributed by atoms with E-state index < -0.39 is 11.6 Å². The summed E-state index contributed by atoms with van der Waals surface area (Å²) in [5.41, 5.74) is 1.62. The van der Waals surface area contributed by atoms with Crippen LogP contribution < -0.4 is 10.4 Å². The number of para-hydroxylation sites is 1. The number of benzene rings is 4. The molecule has 0 saturated heterocycles. The standard InChI is InChI=1S/C20H12O5.C9H6O2/c21-11-5-7-15-17(9-11)24-18-10-12(22)6-8-16(18)20(15)14-4-2-1-3-13(14)19(23)25-20;10-9-6-5-7-3-1-2-4-8(7)11-9/h1-10,21-22H;1-6H. The first kappa shape index (κ1) is 21.5. The lowest BCUT2D eigenvalue weighted by molar-refractivity contribution is 0.0224. The van der Waals surface area contributed by atoms with Crippen molar-refractivity contribution in [2.24, 2.45) is 0 Å². The molecule has 2 N–H and O–H groups in total. The highest BCUT2D eigenvalue weighted by Crippen LogP contribution is 2.56. The fraction of sp³-hybridized carbons (Fsp3) is 0.0345. The van der Waals surface area contributed by atoms with Gasteiger partial charge >= 0.3 is 11.6 Å². The van der Waals surface area contributed by atoms with Gasteiger partial charge in [-0.3, -0.25) is 0 Å². The van der Waals surface area contributed by atoms with Gasteiger partial charge in [-0.2, -0.15) is 0 Å². The number of ether oxygens (including phenoxy) is 2. The van der Waals surface area contributed by atoms with E-state index in [1.807, 2.05) is 30.3 Å². The van der Waals surface area contributed by atoms with Crippen molar-refractivity contribution < 1.29 is 28.9 Å². The van der Waals surface area contributed by atoms with Crippen LogP contribution in [-0.4, -0.2) is 16.2 Å². The average Bonchev–Trinajstić information content (AvgIpc) is 3.17. The molecule has 2 aliphatic rings. The lowest BCUT2D eigenvalue weighted by Crippen LogP contribution is -2.32. The fourth-order valence-electron chi connectivity index (χ4n) is 4.66. The molecule has 1 spiro atoms. The summed E-state index contributed by atoms with van der Waals surface area (Å²) < 4.78 is 16.7. The summed E-state index contributed by atoms with van der Waals surface area (Å²) in [4.78, 5) is 23.2. The van der Waals surface area contributed by atoms with Gasteiger partial charge in [0.25, 0.3) is 0 Å². The number of phenolic OH excluding ortho intramolecular Hbond substituents is 2. The van der Waals surface area contributed by atoms with Crippen molar-refractivity contribution in [1.82, 2.24) is 0 Å². The van der Waals surface area contributed by atoms with Crippen molar-refractivity contribution in [2.45, 2.75) is 5.60 Å². The number of fused-ring (bicyclic) bond motifs is 7. The van der Waals surface area contributed by atoms with Gasteiger partial charge in [-0.15, -0.1) is 0 Å². The van der Waals surface area contributed by atoms with Crippen LogP contribution in [0.3, 0.4) is 0 Å². The molecular weight excluding hydrogens is 460 g/mol. The molecule has 3 heterocycles. The summed E-state index contributed by atoms with van der Waals surface area (Å²) in [6, 6.07) is 27.2. The maximum absolute atomic E-state index is 12.5. The zero-order valence-electron chi connectivity index (χ0n) is 18.7. The molecule has 2 aliphatic heterocycles. The van der Waals surface area contributed by atoms with Crippen LogP contribution in [0.2, 0.25) is 0 Å². The van der Waals surface area contributed by atoms with E-state index in [9.17, 15) is 19.8 Å². The van der Waals surface area contributed by atoms with Gasteiger partial charge in [-0.1, -0.05) is 36.4 Å². The zero-order chi connectivity index (χ0) is 24.9. The highest BCUT2D eigenvalue weighted by molar-refractivity contribution is 5.97. The summed E-state index contributed by atoms with van der Waals surface area (Å²) >= 11 is 0. The molecule has 36 heavy (non-hydrogen) atoms. The monoisotopic (exact) mass is 478 g/mol. The number of aromatic hydroxyl groups is 2. The lowest BCUT2D eigenvalue weighted by Gasteiger charge is -2.36. The number of hydrogen-bond donors (Lipinski definition) is 2. The first-order valence-corrected chi connectivity index (χ1v) is 11.1. The lowest BCUT2D eigenvalue weighted by atomic mass is 9.77. The molecule has 0 atom stereocenters. The maximum Gasteiger partial charge on any atom is 0.340 e. The van der Waals surface area contributed by atoms with Crippen molar-refractivity contribution in [3.8, 4) is 23.0 Å². The minimum atomic E-state index is -1.17. The van der Waals surface area contributed by atoms with Gasteiger partial charge in [0, 0.05) is 40.3 Å². The Morgan fingerprint density at radius 1 is 0.639 bits per heavy atom. The fourth-order valence-corrected chi connectivity index (χ4v) is 4.66. The summed E-state index contributed by atoms with van der Waals surface area (Å²) in [5, 5.41) is 20.6. The normalized spacial score (nSPS) is 14.1. The van der Waals surface area contributed by atoms with Crippen LogP contribution in [0.5, 0.6) is 23.0 Å². The number of phenols is 2. The van der Waals surface area contributed by atoms with Crippen LogP contribution in [0, 0.1) is 0 Å². The first-order chi connectivity index (χ1) is 17.5. The third-order valence-corrected chi connectivity index (χ3v) is 6.21. The van der Waals surface area contributed by atoms with E-state index in [1.165, 1.54) is 30.3 Å². The Morgan fingerprint density at radius 2 is 1.28 bits per heavy atom. The van der Waals surface area contributed by atoms with Crippen molar-refractivity contribution in [3.05, 3.63) is 130 Å². The Morgan fingerprint density at radius 3 is 2.00 bits per heavy atom. The zero-order valence-corrected chi connectivity index (χ0v) is 18.7. The number of carbonyl (C=O) groups excluding carboxylic acids is 1. The molecule has 0 bridgehead atoms. The van der Waals surface area contributed by atoms with E-state index in [1.54, 1.807) is 36.4 Å². The summed E-state index contributed by atoms with van der Waals surface area (Å²) in [6.07, 6.45) is 0. The molecule has 7 rings (SSSR count). The van der Waals surface area contributed by atoms with Gasteiger partial charge in [0.05, 0.1) is 5.56 Å². The molecule has 0 fully saturated rings. The Labute approximate surface area is 204 Å². The molecule has 0 unspecified atom stereocenters. The predicted molar refractivity (Wildman–Crippen MR) is 131 cm³/mol. The van der Waals surface area contributed by atoms with E-state index in [-0.39, 0.29) is 17.1 Å². The van der Waals surface area contributed by atoms with Crippen molar-refractivity contribution in [2.75, 3.05) is 0 Å². The summed E-state index contributed by atoms with van der Waals surface area (Å²) in [5.74, 6) is 0.408. The second-order valence-electron chi connectivity index (χ2n) is 8.37. The molecule has 0 radical (unpaired) electrons. The van der Waals surface area contributed by atoms with Crippen molar-refractivity contribution >= 4 is 16.9 Å². The van der Waals surface area contributed by atoms with E-state index >= 15 is 0 Å². The van der Waals surface area contributed by atoms with Crippen molar-refractivity contribution in [3.63, 3.8) is 0 Å². The summed E-state index contributed by atoms with van der Waals surface area (Å²) in [7, 11) is 0. The predicted octanol–water partition coefficient (Wildman–Crippen LogP) is 5.46. The molecular formula is C29H18O7. The average molecular weight is 478 g/mol. The first-order valence-electron chi connectivity index (χ1n) is 11.1. The number of carbonyl (C=O) groups is 1. The quantitative estimate of drug-likeness (QED) is 0.225. The highest BCUT2D eigenvalue weighted by atomic mass is 16.6. The number of esters is 1. The molecule has 176 valence electrons. The topological polar surface area (TPSA) is 106 Å². The van der Waals surface area contributed by atoms with Crippen LogP contribution in [0.15, 0.2) is 106 Å². The van der Waals surface area contributed by atoms with Gasteiger partial charge in [0.1, 0.15) is 28.6 Å². The molecule has 7 heteroatoms. The maximum atomic E-state index is 12.5. The third kappa shape index (κ3) is 3.29. The molecule has 5 aromatic rings.